The molecule has 22 heavy (non-hydrogen) atoms. The van der Waals surface area contributed by atoms with Crippen LogP contribution in [0.1, 0.15) is 65.2 Å². The van der Waals surface area contributed by atoms with Gasteiger partial charge in [-0.2, -0.15) is 0 Å². The summed E-state index contributed by atoms with van der Waals surface area (Å²) in [6, 6.07) is 0.363. The van der Waals surface area contributed by atoms with E-state index in [0.717, 1.165) is 12.8 Å². The van der Waals surface area contributed by atoms with E-state index >= 15 is 0 Å². The van der Waals surface area contributed by atoms with Gasteiger partial charge in [-0.15, -0.1) is 0 Å². The van der Waals surface area contributed by atoms with Gasteiger partial charge in [-0.3, -0.25) is 0 Å². The van der Waals surface area contributed by atoms with Crippen LogP contribution in [-0.4, -0.2) is 17.3 Å². The molecule has 0 aromatic heterocycles. The van der Waals surface area contributed by atoms with Crippen LogP contribution in [0.25, 0.3) is 0 Å². The summed E-state index contributed by atoms with van der Waals surface area (Å²) in [5.74, 6) is 2.52. The molecule has 0 heterocycles. The second kappa shape index (κ2) is 4.83. The first-order chi connectivity index (χ1) is 10.4. The summed E-state index contributed by atoms with van der Waals surface area (Å²) in [7, 11) is 0. The fraction of sp³-hybridized carbons (Fsp3) is 0.900. The Labute approximate surface area is 135 Å². The minimum atomic E-state index is -0.108. The predicted molar refractivity (Wildman–Crippen MR) is 90.2 cm³/mol. The molecule has 0 aromatic rings. The first kappa shape index (κ1) is 15.2. The number of hydrogen-bond donors (Lipinski definition) is 2. The van der Waals surface area contributed by atoms with Crippen molar-refractivity contribution in [3.8, 4) is 0 Å². The maximum atomic E-state index is 11.0. The molecule has 8 atom stereocenters. The lowest BCUT2D eigenvalue weighted by molar-refractivity contribution is -0.155. The van der Waals surface area contributed by atoms with Gasteiger partial charge >= 0.3 is 0 Å². The van der Waals surface area contributed by atoms with Crippen LogP contribution in [0.5, 0.6) is 0 Å². The van der Waals surface area contributed by atoms with E-state index in [-0.39, 0.29) is 6.10 Å². The number of allylic oxidation sites excluding steroid dienone is 1. The van der Waals surface area contributed by atoms with E-state index in [1.807, 2.05) is 0 Å². The molecule has 4 fully saturated rings. The van der Waals surface area contributed by atoms with Gasteiger partial charge in [-0.25, -0.2) is 0 Å². The molecular formula is C20H33NO. The Morgan fingerprint density at radius 1 is 1.09 bits per heavy atom. The van der Waals surface area contributed by atoms with E-state index in [9.17, 15) is 5.11 Å². The minimum Gasteiger partial charge on any atom is -0.393 e. The lowest BCUT2D eigenvalue weighted by Gasteiger charge is -2.62. The number of nitrogens with two attached hydrogens (primary N) is 1. The van der Waals surface area contributed by atoms with Crippen LogP contribution in [0, 0.1) is 34.5 Å². The molecule has 0 spiro atoms. The topological polar surface area (TPSA) is 46.2 Å². The zero-order valence-electron chi connectivity index (χ0n) is 14.4. The van der Waals surface area contributed by atoms with Gasteiger partial charge in [0.05, 0.1) is 6.10 Å². The molecular weight excluding hydrogens is 270 g/mol. The van der Waals surface area contributed by atoms with Gasteiger partial charge in [0.2, 0.25) is 0 Å². The van der Waals surface area contributed by atoms with Gasteiger partial charge < -0.3 is 10.8 Å². The summed E-state index contributed by atoms with van der Waals surface area (Å²) in [6.45, 7) is 9.34. The smallest absolute Gasteiger partial charge is 0.0577 e. The highest BCUT2D eigenvalue weighted by Crippen LogP contribution is 2.66. The summed E-state index contributed by atoms with van der Waals surface area (Å²) >= 11 is 0. The third-order valence-corrected chi connectivity index (χ3v) is 8.68. The van der Waals surface area contributed by atoms with Crippen molar-refractivity contribution in [2.75, 3.05) is 0 Å². The molecule has 4 saturated carbocycles. The fourth-order valence-corrected chi connectivity index (χ4v) is 7.16. The summed E-state index contributed by atoms with van der Waals surface area (Å²) in [5.41, 5.74) is 8.43. The fourth-order valence-electron chi connectivity index (χ4n) is 7.16. The van der Waals surface area contributed by atoms with Crippen molar-refractivity contribution < 1.29 is 5.11 Å². The van der Waals surface area contributed by atoms with Crippen LogP contribution >= 0.6 is 0 Å². The Balaban J connectivity index is 1.69. The monoisotopic (exact) mass is 303 g/mol. The molecule has 4 rings (SSSR count). The SMILES string of the molecule is C=C1CCC2C3C(CC[C@]12C)[C@@]1(C)CC[C@@H](N)CC1C[C@@H]3O. The van der Waals surface area contributed by atoms with Crippen molar-refractivity contribution in [2.45, 2.75) is 77.4 Å². The van der Waals surface area contributed by atoms with Gasteiger partial charge in [0.25, 0.3) is 0 Å². The second-order valence-corrected chi connectivity index (χ2v) is 9.43. The Bertz CT molecular complexity index is 488. The number of fused-ring (bicyclic) bond motifs is 5. The van der Waals surface area contributed by atoms with E-state index in [4.69, 9.17) is 5.73 Å². The van der Waals surface area contributed by atoms with Gasteiger partial charge in [-0.05, 0) is 85.9 Å². The average Bonchev–Trinajstić information content (AvgIpc) is 2.77. The molecule has 0 saturated heterocycles. The van der Waals surface area contributed by atoms with Crippen LogP contribution in [0.2, 0.25) is 0 Å². The summed E-state index contributed by atoms with van der Waals surface area (Å²) in [6.07, 6.45) is 9.49. The van der Waals surface area contributed by atoms with Gasteiger partial charge in [-0.1, -0.05) is 26.0 Å². The molecule has 4 unspecified atom stereocenters. The highest BCUT2D eigenvalue weighted by molar-refractivity contribution is 5.22. The number of aliphatic hydroxyl groups is 1. The van der Waals surface area contributed by atoms with Crippen LogP contribution in [-0.2, 0) is 0 Å². The quantitative estimate of drug-likeness (QED) is 0.667. The Kier molecular flexibility index (Phi) is 3.34. The zero-order valence-corrected chi connectivity index (χ0v) is 14.4. The largest absolute Gasteiger partial charge is 0.393 e. The Morgan fingerprint density at radius 2 is 1.86 bits per heavy atom. The summed E-state index contributed by atoms with van der Waals surface area (Å²) < 4.78 is 0. The van der Waals surface area contributed by atoms with Crippen molar-refractivity contribution in [1.29, 1.82) is 0 Å². The molecule has 2 heteroatoms. The molecule has 2 nitrogen and oxygen atoms in total. The maximum Gasteiger partial charge on any atom is 0.0577 e. The van der Waals surface area contributed by atoms with Crippen molar-refractivity contribution in [3.63, 3.8) is 0 Å². The molecule has 0 radical (unpaired) electrons. The van der Waals surface area contributed by atoms with Crippen molar-refractivity contribution in [2.24, 2.45) is 40.2 Å². The maximum absolute atomic E-state index is 11.0. The van der Waals surface area contributed by atoms with Crippen molar-refractivity contribution in [3.05, 3.63) is 12.2 Å². The third-order valence-electron chi connectivity index (χ3n) is 8.68. The normalized spacial score (nSPS) is 57.9. The molecule has 3 N–H and O–H groups in total. The van der Waals surface area contributed by atoms with E-state index in [1.54, 1.807) is 0 Å². The Hall–Kier alpha value is -0.340. The van der Waals surface area contributed by atoms with E-state index in [1.165, 1.54) is 44.1 Å². The van der Waals surface area contributed by atoms with Crippen LogP contribution < -0.4 is 5.73 Å². The lowest BCUT2D eigenvalue weighted by Crippen LogP contribution is -2.58. The van der Waals surface area contributed by atoms with E-state index in [2.05, 4.69) is 20.4 Å². The molecule has 124 valence electrons. The molecule has 0 aliphatic heterocycles. The highest BCUT2D eigenvalue weighted by Gasteiger charge is 2.61. The van der Waals surface area contributed by atoms with Crippen molar-refractivity contribution >= 4 is 0 Å². The molecule has 0 amide bonds. The first-order valence-electron chi connectivity index (χ1n) is 9.48. The van der Waals surface area contributed by atoms with Crippen LogP contribution in [0.4, 0.5) is 0 Å². The predicted octanol–water partition coefficient (Wildman–Crippen LogP) is 3.88. The highest BCUT2D eigenvalue weighted by atomic mass is 16.3. The summed E-state index contributed by atoms with van der Waals surface area (Å²) in [4.78, 5) is 0. The van der Waals surface area contributed by atoms with Crippen molar-refractivity contribution in [1.82, 2.24) is 0 Å². The first-order valence-corrected chi connectivity index (χ1v) is 9.48. The number of rotatable bonds is 0. The van der Waals surface area contributed by atoms with E-state index in [0.29, 0.717) is 40.5 Å². The average molecular weight is 303 g/mol. The van der Waals surface area contributed by atoms with Gasteiger partial charge in [0, 0.05) is 6.04 Å². The van der Waals surface area contributed by atoms with Gasteiger partial charge in [0.15, 0.2) is 0 Å². The molecule has 0 aromatic carbocycles. The van der Waals surface area contributed by atoms with Crippen LogP contribution in [0.15, 0.2) is 12.2 Å². The molecule has 4 aliphatic carbocycles. The lowest BCUT2D eigenvalue weighted by atomic mass is 9.44. The molecule has 4 aliphatic rings. The standard InChI is InChI=1S/C20H33NO/c1-12-4-5-15-18-16(7-9-19(12,15)2)20(3)8-6-14(21)10-13(20)11-17(18)22/h13-18,22H,1,4-11,21H2,2-3H3/t13?,14-,15?,16?,17+,18?,19-,20+/m1/s1. The van der Waals surface area contributed by atoms with Gasteiger partial charge in [0.1, 0.15) is 0 Å². The Morgan fingerprint density at radius 3 is 2.64 bits per heavy atom. The summed E-state index contributed by atoms with van der Waals surface area (Å²) in [5, 5.41) is 11.0. The number of hydrogen-bond acceptors (Lipinski definition) is 2. The third kappa shape index (κ3) is 1.86. The van der Waals surface area contributed by atoms with Crippen LogP contribution in [0.3, 0.4) is 0 Å². The zero-order chi connectivity index (χ0) is 15.7. The van der Waals surface area contributed by atoms with E-state index < -0.39 is 0 Å². The minimum absolute atomic E-state index is 0.108. The number of aliphatic hydroxyl groups excluding tert-OH is 1. The molecule has 0 bridgehead atoms. The second-order valence-electron chi connectivity index (χ2n) is 9.43.